The number of carbonyl (C=O) groups is 1. The predicted molar refractivity (Wildman–Crippen MR) is 42.3 cm³/mol. The molecule has 1 atom stereocenters. The molecule has 0 amide bonds. The molecule has 0 aliphatic heterocycles. The molecular formula is C8H16O3. The summed E-state index contributed by atoms with van der Waals surface area (Å²) in [6.45, 7) is 3.50. The number of methoxy groups -OCH3 is 2. The molecule has 0 aromatic heterocycles. The van der Waals surface area contributed by atoms with Crippen molar-refractivity contribution in [2.24, 2.45) is 5.92 Å². The number of ether oxygens (including phenoxy) is 2. The normalized spacial score (nSPS) is 13.5. The van der Waals surface area contributed by atoms with E-state index in [0.29, 0.717) is 6.42 Å². The van der Waals surface area contributed by atoms with Crippen molar-refractivity contribution in [3.05, 3.63) is 0 Å². The molecule has 3 heteroatoms. The third kappa shape index (κ3) is 4.11. The second-order valence-electron chi connectivity index (χ2n) is 2.72. The summed E-state index contributed by atoms with van der Waals surface area (Å²) in [6.07, 6.45) is 0.241. The average Bonchev–Trinajstić information content (AvgIpc) is 1.88. The molecule has 0 saturated heterocycles. The first kappa shape index (κ1) is 10.6. The van der Waals surface area contributed by atoms with E-state index in [4.69, 9.17) is 9.47 Å². The summed E-state index contributed by atoms with van der Waals surface area (Å²) >= 11 is 0. The van der Waals surface area contributed by atoms with Crippen LogP contribution in [0.25, 0.3) is 0 Å². The summed E-state index contributed by atoms with van der Waals surface area (Å²) in [5.74, 6) is 0.291. The molecule has 0 aliphatic rings. The number of ketones is 1. The molecule has 0 heterocycles. The van der Waals surface area contributed by atoms with E-state index in [1.165, 1.54) is 0 Å². The second kappa shape index (κ2) is 5.27. The molecule has 0 rings (SSSR count). The highest BCUT2D eigenvalue weighted by Crippen LogP contribution is 2.11. The molecule has 0 fully saturated rings. The number of Topliss-reactive ketones (excluding diaryl/α,β-unsaturated/α-hetero) is 1. The van der Waals surface area contributed by atoms with Crippen molar-refractivity contribution in [2.75, 3.05) is 14.2 Å². The van der Waals surface area contributed by atoms with Crippen molar-refractivity contribution in [3.63, 3.8) is 0 Å². The lowest BCUT2D eigenvalue weighted by Crippen LogP contribution is -2.23. The van der Waals surface area contributed by atoms with E-state index < -0.39 is 0 Å². The largest absolute Gasteiger partial charge is 0.356 e. The predicted octanol–water partition coefficient (Wildman–Crippen LogP) is 1.22. The lowest BCUT2D eigenvalue weighted by Gasteiger charge is -2.19. The van der Waals surface area contributed by atoms with Gasteiger partial charge in [-0.25, -0.2) is 0 Å². The first-order valence-electron chi connectivity index (χ1n) is 3.66. The maximum Gasteiger partial charge on any atom is 0.159 e. The number of hydrogen-bond acceptors (Lipinski definition) is 3. The average molecular weight is 160 g/mol. The van der Waals surface area contributed by atoms with E-state index in [9.17, 15) is 4.79 Å². The Morgan fingerprint density at radius 3 is 2.09 bits per heavy atom. The van der Waals surface area contributed by atoms with Crippen molar-refractivity contribution < 1.29 is 14.3 Å². The maximum atomic E-state index is 10.7. The fraction of sp³-hybridized carbons (Fsp3) is 0.875. The van der Waals surface area contributed by atoms with Gasteiger partial charge in [-0.3, -0.25) is 0 Å². The standard InChI is InChI=1S/C8H16O3/c1-6(5-7(2)9)8(10-3)11-4/h6,8H,5H2,1-4H3. The Morgan fingerprint density at radius 2 is 1.82 bits per heavy atom. The summed E-state index contributed by atoms with van der Waals surface area (Å²) in [5.41, 5.74) is 0. The molecule has 0 radical (unpaired) electrons. The van der Waals surface area contributed by atoms with Gasteiger partial charge in [-0.15, -0.1) is 0 Å². The minimum absolute atomic E-state index is 0.127. The molecule has 0 aliphatic carbocycles. The van der Waals surface area contributed by atoms with Crippen LogP contribution in [0, 0.1) is 5.92 Å². The topological polar surface area (TPSA) is 35.5 Å². The summed E-state index contributed by atoms with van der Waals surface area (Å²) < 4.78 is 9.98. The minimum Gasteiger partial charge on any atom is -0.356 e. The molecule has 0 aromatic rings. The highest BCUT2D eigenvalue weighted by molar-refractivity contribution is 5.75. The van der Waals surface area contributed by atoms with Crippen LogP contribution >= 0.6 is 0 Å². The second-order valence-corrected chi connectivity index (χ2v) is 2.72. The van der Waals surface area contributed by atoms with Crippen LogP contribution in [-0.4, -0.2) is 26.3 Å². The van der Waals surface area contributed by atoms with Gasteiger partial charge < -0.3 is 14.3 Å². The molecule has 66 valence electrons. The monoisotopic (exact) mass is 160 g/mol. The molecule has 3 nitrogen and oxygen atoms in total. The minimum atomic E-state index is -0.265. The van der Waals surface area contributed by atoms with Gasteiger partial charge in [0.25, 0.3) is 0 Å². The van der Waals surface area contributed by atoms with Gasteiger partial charge in [0.15, 0.2) is 6.29 Å². The first-order chi connectivity index (χ1) is 5.11. The van der Waals surface area contributed by atoms with Gasteiger partial charge in [0.05, 0.1) is 0 Å². The molecule has 0 saturated carbocycles. The zero-order valence-corrected chi connectivity index (χ0v) is 7.59. The van der Waals surface area contributed by atoms with Gasteiger partial charge >= 0.3 is 0 Å². The van der Waals surface area contributed by atoms with Crippen LogP contribution in [0.3, 0.4) is 0 Å². The summed E-state index contributed by atoms with van der Waals surface area (Å²) in [4.78, 5) is 10.7. The van der Waals surface area contributed by atoms with Crippen LogP contribution < -0.4 is 0 Å². The van der Waals surface area contributed by atoms with Crippen molar-refractivity contribution in [2.45, 2.75) is 26.6 Å². The zero-order valence-electron chi connectivity index (χ0n) is 7.59. The molecule has 0 spiro atoms. The molecule has 0 N–H and O–H groups in total. The zero-order chi connectivity index (χ0) is 8.85. The smallest absolute Gasteiger partial charge is 0.159 e. The van der Waals surface area contributed by atoms with Gasteiger partial charge in [-0.1, -0.05) is 6.92 Å². The fourth-order valence-corrected chi connectivity index (χ4v) is 1.11. The lowest BCUT2D eigenvalue weighted by molar-refractivity contribution is -0.141. The summed E-state index contributed by atoms with van der Waals surface area (Å²) in [5, 5.41) is 0. The maximum absolute atomic E-state index is 10.7. The van der Waals surface area contributed by atoms with E-state index in [1.807, 2.05) is 6.92 Å². The number of carbonyl (C=O) groups excluding carboxylic acids is 1. The van der Waals surface area contributed by atoms with Crippen molar-refractivity contribution in [1.82, 2.24) is 0 Å². The van der Waals surface area contributed by atoms with Crippen molar-refractivity contribution >= 4 is 5.78 Å². The van der Waals surface area contributed by atoms with Gasteiger partial charge in [0.1, 0.15) is 5.78 Å². The fourth-order valence-electron chi connectivity index (χ4n) is 1.11. The van der Waals surface area contributed by atoms with Gasteiger partial charge in [-0.05, 0) is 6.92 Å². The van der Waals surface area contributed by atoms with E-state index in [0.717, 1.165) is 0 Å². The molecule has 0 aromatic carbocycles. The third-order valence-electron chi connectivity index (χ3n) is 1.54. The van der Waals surface area contributed by atoms with E-state index in [1.54, 1.807) is 21.1 Å². The van der Waals surface area contributed by atoms with Crippen LogP contribution in [0.1, 0.15) is 20.3 Å². The van der Waals surface area contributed by atoms with E-state index >= 15 is 0 Å². The van der Waals surface area contributed by atoms with Gasteiger partial charge in [0.2, 0.25) is 0 Å². The highest BCUT2D eigenvalue weighted by atomic mass is 16.7. The van der Waals surface area contributed by atoms with E-state index in [2.05, 4.69) is 0 Å². The van der Waals surface area contributed by atoms with Crippen LogP contribution in [0.2, 0.25) is 0 Å². The molecule has 1 unspecified atom stereocenters. The van der Waals surface area contributed by atoms with Crippen LogP contribution in [0.5, 0.6) is 0 Å². The molecule has 11 heavy (non-hydrogen) atoms. The summed E-state index contributed by atoms with van der Waals surface area (Å²) in [7, 11) is 3.15. The number of rotatable bonds is 5. The number of hydrogen-bond donors (Lipinski definition) is 0. The van der Waals surface area contributed by atoms with Gasteiger partial charge in [-0.2, -0.15) is 0 Å². The van der Waals surface area contributed by atoms with Crippen LogP contribution in [0.15, 0.2) is 0 Å². The van der Waals surface area contributed by atoms with E-state index in [-0.39, 0.29) is 18.0 Å². The van der Waals surface area contributed by atoms with Crippen molar-refractivity contribution in [1.29, 1.82) is 0 Å². The highest BCUT2D eigenvalue weighted by Gasteiger charge is 2.16. The van der Waals surface area contributed by atoms with Crippen LogP contribution in [-0.2, 0) is 14.3 Å². The van der Waals surface area contributed by atoms with Gasteiger partial charge in [0, 0.05) is 26.6 Å². The quantitative estimate of drug-likeness (QED) is 0.567. The Hall–Kier alpha value is -0.410. The molecular weight excluding hydrogens is 144 g/mol. The summed E-state index contributed by atoms with van der Waals surface area (Å²) in [6, 6.07) is 0. The molecule has 0 bridgehead atoms. The Balaban J connectivity index is 3.78. The Morgan fingerprint density at radius 1 is 1.36 bits per heavy atom. The Labute approximate surface area is 67.7 Å². The SMILES string of the molecule is COC(OC)C(C)CC(C)=O. The Bertz CT molecular complexity index is 119. The Kier molecular flexibility index (Phi) is 5.07. The third-order valence-corrected chi connectivity index (χ3v) is 1.54. The van der Waals surface area contributed by atoms with Crippen molar-refractivity contribution in [3.8, 4) is 0 Å². The first-order valence-corrected chi connectivity index (χ1v) is 3.66. The lowest BCUT2D eigenvalue weighted by atomic mass is 10.1. The van der Waals surface area contributed by atoms with Crippen LogP contribution in [0.4, 0.5) is 0 Å².